The zero-order valence-corrected chi connectivity index (χ0v) is 21.8. The Morgan fingerprint density at radius 2 is 1.50 bits per heavy atom. The Bertz CT molecular complexity index is 727. The third kappa shape index (κ3) is 6.06. The van der Waals surface area contributed by atoms with Gasteiger partial charge in [-0.2, -0.15) is 0 Å². The van der Waals surface area contributed by atoms with Crippen molar-refractivity contribution in [2.24, 2.45) is 23.7 Å². The van der Waals surface area contributed by atoms with Crippen molar-refractivity contribution in [2.45, 2.75) is 109 Å². The molecule has 190 valence electrons. The van der Waals surface area contributed by atoms with Gasteiger partial charge in [0.15, 0.2) is 0 Å². The van der Waals surface area contributed by atoms with E-state index in [9.17, 15) is 4.79 Å². The number of carbonyl (C=O) groups excluding carboxylic acids is 1. The average Bonchev–Trinajstić information content (AvgIpc) is 2.85. The summed E-state index contributed by atoms with van der Waals surface area (Å²) in [5.41, 5.74) is 1.74. The maximum absolute atomic E-state index is 13.3. The first kappa shape index (κ1) is 24.8. The number of hydrogen-bond donors (Lipinski definition) is 0. The van der Waals surface area contributed by atoms with Crippen molar-refractivity contribution in [1.29, 1.82) is 0 Å². The van der Waals surface area contributed by atoms with E-state index in [4.69, 9.17) is 0 Å². The van der Waals surface area contributed by atoms with Crippen LogP contribution >= 0.6 is 0 Å². The highest BCUT2D eigenvalue weighted by Gasteiger charge is 2.48. The van der Waals surface area contributed by atoms with Gasteiger partial charge in [-0.3, -0.25) is 14.6 Å². The number of ketones is 1. The van der Waals surface area contributed by atoms with E-state index in [0.717, 1.165) is 31.2 Å². The molecule has 0 aromatic rings. The SMILES string of the molecule is O=C1CCN2CCC3C4C=C5CCCCCCC1C2C3CCCCCC/C=C\CCCN(C5)C4. The van der Waals surface area contributed by atoms with E-state index >= 15 is 0 Å². The molecule has 0 saturated carbocycles. The summed E-state index contributed by atoms with van der Waals surface area (Å²) in [5, 5.41) is 0. The van der Waals surface area contributed by atoms with Crippen LogP contribution in [0.25, 0.3) is 0 Å². The van der Waals surface area contributed by atoms with Crippen molar-refractivity contribution >= 4 is 5.78 Å². The third-order valence-electron chi connectivity index (χ3n) is 9.96. The summed E-state index contributed by atoms with van der Waals surface area (Å²) < 4.78 is 0. The number of piperidine rings is 2. The lowest BCUT2D eigenvalue weighted by Gasteiger charge is -2.53. The predicted octanol–water partition coefficient (Wildman–Crippen LogP) is 6.79. The molecule has 6 bridgehead atoms. The van der Waals surface area contributed by atoms with Crippen molar-refractivity contribution < 1.29 is 4.79 Å². The summed E-state index contributed by atoms with van der Waals surface area (Å²) in [7, 11) is 0. The van der Waals surface area contributed by atoms with Gasteiger partial charge in [-0.05, 0) is 88.6 Å². The van der Waals surface area contributed by atoms with Crippen molar-refractivity contribution in [2.75, 3.05) is 32.7 Å². The molecule has 0 amide bonds. The van der Waals surface area contributed by atoms with Gasteiger partial charge in [0, 0.05) is 38.0 Å². The van der Waals surface area contributed by atoms with Gasteiger partial charge < -0.3 is 0 Å². The number of fused-ring (bicyclic) bond motifs is 1. The minimum atomic E-state index is 0.321. The number of carbonyl (C=O) groups is 1. The molecule has 3 heteroatoms. The summed E-state index contributed by atoms with van der Waals surface area (Å²) in [6, 6.07) is 0.537. The molecule has 3 nitrogen and oxygen atoms in total. The van der Waals surface area contributed by atoms with Crippen LogP contribution in [0.15, 0.2) is 23.8 Å². The smallest absolute Gasteiger partial charge is 0.138 e. The van der Waals surface area contributed by atoms with Crippen LogP contribution in [0, 0.1) is 23.7 Å². The highest BCUT2D eigenvalue weighted by molar-refractivity contribution is 5.82. The average molecular weight is 467 g/mol. The first-order valence-corrected chi connectivity index (χ1v) is 15.1. The molecule has 4 aliphatic heterocycles. The molecule has 5 aliphatic rings. The van der Waals surface area contributed by atoms with Crippen LogP contribution in [-0.2, 0) is 4.79 Å². The molecule has 6 unspecified atom stereocenters. The van der Waals surface area contributed by atoms with Crippen LogP contribution in [0.1, 0.15) is 103 Å². The van der Waals surface area contributed by atoms with Gasteiger partial charge in [0.1, 0.15) is 5.78 Å². The van der Waals surface area contributed by atoms with Gasteiger partial charge in [0.05, 0.1) is 0 Å². The molecule has 0 spiro atoms. The van der Waals surface area contributed by atoms with E-state index in [0.29, 0.717) is 23.7 Å². The summed E-state index contributed by atoms with van der Waals surface area (Å²) in [4.78, 5) is 18.9. The van der Waals surface area contributed by atoms with Gasteiger partial charge in [-0.1, -0.05) is 62.3 Å². The Labute approximate surface area is 209 Å². The summed E-state index contributed by atoms with van der Waals surface area (Å²) >= 11 is 0. The van der Waals surface area contributed by atoms with Crippen LogP contribution < -0.4 is 0 Å². The zero-order chi connectivity index (χ0) is 23.2. The first-order chi connectivity index (χ1) is 16.8. The van der Waals surface area contributed by atoms with E-state index < -0.39 is 0 Å². The predicted molar refractivity (Wildman–Crippen MR) is 142 cm³/mol. The van der Waals surface area contributed by atoms with Gasteiger partial charge in [-0.25, -0.2) is 0 Å². The molecular weight excluding hydrogens is 416 g/mol. The fraction of sp³-hybridized carbons (Fsp3) is 0.839. The minimum absolute atomic E-state index is 0.321. The van der Waals surface area contributed by atoms with E-state index in [1.165, 1.54) is 116 Å². The number of nitrogens with zero attached hydrogens (tertiary/aromatic N) is 2. The van der Waals surface area contributed by atoms with Crippen LogP contribution in [0.2, 0.25) is 0 Å². The second kappa shape index (κ2) is 12.3. The summed E-state index contributed by atoms with van der Waals surface area (Å²) in [6.45, 7) is 6.01. The van der Waals surface area contributed by atoms with E-state index in [1.54, 1.807) is 5.57 Å². The lowest BCUT2D eigenvalue weighted by atomic mass is 9.64. The maximum Gasteiger partial charge on any atom is 0.138 e. The van der Waals surface area contributed by atoms with Crippen LogP contribution in [-0.4, -0.2) is 54.3 Å². The van der Waals surface area contributed by atoms with Gasteiger partial charge in [0.25, 0.3) is 0 Å². The molecule has 0 N–H and O–H groups in total. The summed E-state index contributed by atoms with van der Waals surface area (Å²) in [6.07, 6.45) is 28.2. The monoisotopic (exact) mass is 466 g/mol. The minimum Gasteiger partial charge on any atom is -0.299 e. The topological polar surface area (TPSA) is 23.6 Å². The Morgan fingerprint density at radius 3 is 2.41 bits per heavy atom. The molecule has 2 fully saturated rings. The molecule has 4 heterocycles. The fourth-order valence-electron chi connectivity index (χ4n) is 8.28. The van der Waals surface area contributed by atoms with Gasteiger partial charge >= 0.3 is 0 Å². The Balaban J connectivity index is 1.45. The lowest BCUT2D eigenvalue weighted by molar-refractivity contribution is -0.135. The molecule has 5 rings (SSSR count). The van der Waals surface area contributed by atoms with Crippen molar-refractivity contribution in [3.8, 4) is 0 Å². The van der Waals surface area contributed by atoms with Crippen LogP contribution in [0.5, 0.6) is 0 Å². The molecular formula is C31H50N2O. The number of Topliss-reactive ketones (excluding diaryl/α,β-unsaturated/α-hetero) is 1. The normalized spacial score (nSPS) is 40.0. The zero-order valence-electron chi connectivity index (χ0n) is 21.8. The molecule has 34 heavy (non-hydrogen) atoms. The molecule has 0 aromatic heterocycles. The van der Waals surface area contributed by atoms with Crippen LogP contribution in [0.4, 0.5) is 0 Å². The largest absolute Gasteiger partial charge is 0.299 e. The molecule has 6 atom stereocenters. The van der Waals surface area contributed by atoms with Gasteiger partial charge in [-0.15, -0.1) is 0 Å². The van der Waals surface area contributed by atoms with E-state index in [2.05, 4.69) is 28.0 Å². The quantitative estimate of drug-likeness (QED) is 0.367. The van der Waals surface area contributed by atoms with Crippen molar-refractivity contribution in [3.63, 3.8) is 0 Å². The van der Waals surface area contributed by atoms with Crippen molar-refractivity contribution in [3.05, 3.63) is 23.8 Å². The lowest BCUT2D eigenvalue weighted by Crippen LogP contribution is -2.59. The second-order valence-electron chi connectivity index (χ2n) is 12.2. The molecule has 0 radical (unpaired) electrons. The number of rotatable bonds is 0. The fourth-order valence-corrected chi connectivity index (χ4v) is 8.28. The maximum atomic E-state index is 13.3. The van der Waals surface area contributed by atoms with E-state index in [1.807, 2.05) is 0 Å². The second-order valence-corrected chi connectivity index (χ2v) is 12.2. The van der Waals surface area contributed by atoms with E-state index in [-0.39, 0.29) is 0 Å². The van der Waals surface area contributed by atoms with Crippen molar-refractivity contribution in [1.82, 2.24) is 9.80 Å². The number of allylic oxidation sites excluding steroid dienone is 2. The van der Waals surface area contributed by atoms with Gasteiger partial charge in [0.2, 0.25) is 0 Å². The standard InChI is InChI=1S/C31H50N2O/c34-30-18-21-33-20-17-27-26-22-25-14-10-7-8-12-16-29(30)31(33)28(27)15-11-6-4-2-1-3-5-9-13-19-32(23-25)24-26/h3,5,22,26-29,31H,1-2,4,6-21,23-24H2/b5-3-. The summed E-state index contributed by atoms with van der Waals surface area (Å²) in [5.74, 6) is 3.14. The number of hydrogen-bond acceptors (Lipinski definition) is 3. The first-order valence-electron chi connectivity index (χ1n) is 15.1. The Kier molecular flexibility index (Phi) is 8.99. The highest BCUT2D eigenvalue weighted by Crippen LogP contribution is 2.45. The third-order valence-corrected chi connectivity index (χ3v) is 9.96. The van der Waals surface area contributed by atoms with Crippen LogP contribution in [0.3, 0.4) is 0 Å². The highest BCUT2D eigenvalue weighted by atomic mass is 16.1. The molecule has 2 saturated heterocycles. The molecule has 0 aromatic carbocycles. The Hall–Kier alpha value is -0.930. The Morgan fingerprint density at radius 1 is 0.706 bits per heavy atom. The molecule has 1 aliphatic carbocycles.